The molecule has 0 radical (unpaired) electrons. The number of amides is 1. The normalized spacial score (nSPS) is 15.1. The van der Waals surface area contributed by atoms with Crippen molar-refractivity contribution in [1.82, 2.24) is 14.5 Å². The van der Waals surface area contributed by atoms with Crippen molar-refractivity contribution >= 4 is 50.2 Å². The Kier molecular flexibility index (Phi) is 6.49. The number of nitrogens with one attached hydrogen (secondary N) is 1. The van der Waals surface area contributed by atoms with E-state index >= 15 is 0 Å². The van der Waals surface area contributed by atoms with Crippen LogP contribution in [0.1, 0.15) is 18.7 Å². The molecule has 168 valence electrons. The van der Waals surface area contributed by atoms with Crippen LogP contribution in [0.3, 0.4) is 0 Å². The molecule has 0 saturated carbocycles. The number of likely N-dealkylation sites (tertiary alicyclic amines) is 1. The van der Waals surface area contributed by atoms with Gasteiger partial charge in [-0.25, -0.2) is 4.98 Å². The molecule has 5 rings (SSSR count). The second-order valence-corrected chi connectivity index (χ2v) is 9.73. The second kappa shape index (κ2) is 9.67. The lowest BCUT2D eigenvalue weighted by Gasteiger charge is -2.31. The van der Waals surface area contributed by atoms with Gasteiger partial charge >= 0.3 is 0 Å². The van der Waals surface area contributed by atoms with Crippen LogP contribution in [0.4, 0.5) is 5.69 Å². The summed E-state index contributed by atoms with van der Waals surface area (Å²) in [5, 5.41) is 3.63. The second-order valence-electron chi connectivity index (χ2n) is 8.38. The highest BCUT2D eigenvalue weighted by Gasteiger charge is 2.26. The van der Waals surface area contributed by atoms with Crippen LogP contribution in [0.2, 0.25) is 5.02 Å². The van der Waals surface area contributed by atoms with Crippen molar-refractivity contribution in [1.29, 1.82) is 0 Å². The molecular weight excluding hydrogens is 500 g/mol. The summed E-state index contributed by atoms with van der Waals surface area (Å²) >= 11 is 9.63. The van der Waals surface area contributed by atoms with Crippen LogP contribution >= 0.6 is 27.5 Å². The van der Waals surface area contributed by atoms with Gasteiger partial charge in [-0.05, 0) is 74.5 Å². The summed E-state index contributed by atoms with van der Waals surface area (Å²) in [4.78, 5) is 20.1. The van der Waals surface area contributed by atoms with Crippen molar-refractivity contribution in [2.45, 2.75) is 19.4 Å². The molecule has 0 bridgehead atoms. The van der Waals surface area contributed by atoms with Gasteiger partial charge in [0.25, 0.3) is 0 Å². The van der Waals surface area contributed by atoms with E-state index in [0.29, 0.717) is 5.02 Å². The number of halogens is 2. The first kappa shape index (κ1) is 22.1. The van der Waals surface area contributed by atoms with Crippen LogP contribution in [-0.4, -0.2) is 33.4 Å². The number of carbonyl (C=O) groups is 1. The summed E-state index contributed by atoms with van der Waals surface area (Å²) in [5.74, 6) is 1.08. The molecule has 0 unspecified atom stereocenters. The monoisotopic (exact) mass is 522 g/mol. The molecule has 7 heteroatoms. The molecule has 5 nitrogen and oxygen atoms in total. The number of rotatable bonds is 5. The van der Waals surface area contributed by atoms with Crippen molar-refractivity contribution < 1.29 is 4.79 Å². The Morgan fingerprint density at radius 2 is 1.82 bits per heavy atom. The summed E-state index contributed by atoms with van der Waals surface area (Å²) in [6, 6.07) is 23.8. The lowest BCUT2D eigenvalue weighted by atomic mass is 9.96. The smallest absolute Gasteiger partial charge is 0.227 e. The average Bonchev–Trinajstić information content (AvgIpc) is 3.17. The predicted octanol–water partition coefficient (Wildman–Crippen LogP) is 6.29. The molecular formula is C26H24BrClN4O. The maximum absolute atomic E-state index is 12.7. The van der Waals surface area contributed by atoms with E-state index in [1.54, 1.807) is 12.1 Å². The van der Waals surface area contributed by atoms with Crippen LogP contribution in [0.15, 0.2) is 77.3 Å². The third-order valence-electron chi connectivity index (χ3n) is 6.11. The van der Waals surface area contributed by atoms with Crippen LogP contribution in [0.25, 0.3) is 16.7 Å². The van der Waals surface area contributed by atoms with Crippen LogP contribution in [0, 0.1) is 5.92 Å². The Bertz CT molecular complexity index is 1300. The largest absolute Gasteiger partial charge is 0.326 e. The minimum absolute atomic E-state index is 0.00382. The van der Waals surface area contributed by atoms with E-state index < -0.39 is 0 Å². The highest BCUT2D eigenvalue weighted by molar-refractivity contribution is 9.10. The summed E-state index contributed by atoms with van der Waals surface area (Å²) in [5.41, 5.74) is 3.92. The molecule has 0 aliphatic carbocycles. The van der Waals surface area contributed by atoms with Crippen LogP contribution in [-0.2, 0) is 11.3 Å². The highest BCUT2D eigenvalue weighted by Crippen LogP contribution is 2.27. The topological polar surface area (TPSA) is 50.2 Å². The van der Waals surface area contributed by atoms with Gasteiger partial charge in [0.15, 0.2) is 0 Å². The summed E-state index contributed by atoms with van der Waals surface area (Å²) in [7, 11) is 0. The number of aromatic nitrogens is 2. The third-order valence-corrected chi connectivity index (χ3v) is 6.84. The third kappa shape index (κ3) is 4.98. The van der Waals surface area contributed by atoms with Crippen molar-refractivity contribution in [2.24, 2.45) is 5.92 Å². The Morgan fingerprint density at radius 3 is 2.61 bits per heavy atom. The van der Waals surface area contributed by atoms with Gasteiger partial charge in [0.05, 0.1) is 17.6 Å². The number of piperidine rings is 1. The Hall–Kier alpha value is -2.67. The molecule has 1 N–H and O–H groups in total. The fourth-order valence-electron chi connectivity index (χ4n) is 4.45. The average molecular weight is 524 g/mol. The van der Waals surface area contributed by atoms with E-state index in [1.807, 2.05) is 36.4 Å². The Labute approximate surface area is 206 Å². The number of fused-ring (bicyclic) bond motifs is 1. The van der Waals surface area contributed by atoms with Gasteiger partial charge in [0.2, 0.25) is 5.91 Å². The Morgan fingerprint density at radius 1 is 1.03 bits per heavy atom. The molecule has 0 atom stereocenters. The maximum Gasteiger partial charge on any atom is 0.227 e. The minimum atomic E-state index is 0.00382. The first-order valence-electron chi connectivity index (χ1n) is 11.1. The highest BCUT2D eigenvalue weighted by atomic mass is 79.9. The van der Waals surface area contributed by atoms with Gasteiger partial charge in [-0.1, -0.05) is 51.8 Å². The molecule has 0 spiro atoms. The van der Waals surface area contributed by atoms with Gasteiger partial charge in [-0.3, -0.25) is 14.3 Å². The lowest BCUT2D eigenvalue weighted by Crippen LogP contribution is -2.38. The number of benzene rings is 3. The molecule has 1 saturated heterocycles. The summed E-state index contributed by atoms with van der Waals surface area (Å²) in [6.07, 6.45) is 1.65. The van der Waals surface area contributed by atoms with Crippen molar-refractivity contribution in [2.75, 3.05) is 18.4 Å². The van der Waals surface area contributed by atoms with Gasteiger partial charge in [0.1, 0.15) is 5.82 Å². The number of carbonyl (C=O) groups excluding carboxylic acids is 1. The van der Waals surface area contributed by atoms with E-state index in [4.69, 9.17) is 16.6 Å². The van der Waals surface area contributed by atoms with E-state index in [0.717, 1.165) is 65.2 Å². The van der Waals surface area contributed by atoms with Crippen molar-refractivity contribution in [3.05, 3.63) is 88.1 Å². The number of imidazole rings is 1. The zero-order valence-corrected chi connectivity index (χ0v) is 20.4. The van der Waals surface area contributed by atoms with E-state index in [2.05, 4.69) is 55.0 Å². The zero-order chi connectivity index (χ0) is 22.8. The van der Waals surface area contributed by atoms with Gasteiger partial charge in [-0.15, -0.1) is 0 Å². The Balaban J connectivity index is 1.30. The molecule has 1 fully saturated rings. The number of para-hydroxylation sites is 2. The van der Waals surface area contributed by atoms with Crippen LogP contribution in [0.5, 0.6) is 0 Å². The van der Waals surface area contributed by atoms with Crippen LogP contribution < -0.4 is 5.32 Å². The predicted molar refractivity (Wildman–Crippen MR) is 137 cm³/mol. The quantitative estimate of drug-likeness (QED) is 0.334. The first-order chi connectivity index (χ1) is 16.1. The van der Waals surface area contributed by atoms with E-state index in [-0.39, 0.29) is 11.8 Å². The number of nitrogens with zero attached hydrogens (tertiary/aromatic N) is 3. The van der Waals surface area contributed by atoms with Gasteiger partial charge in [-0.2, -0.15) is 0 Å². The molecule has 4 aromatic rings. The molecule has 1 aromatic heterocycles. The van der Waals surface area contributed by atoms with Gasteiger partial charge in [0, 0.05) is 26.8 Å². The molecule has 2 heterocycles. The molecule has 33 heavy (non-hydrogen) atoms. The van der Waals surface area contributed by atoms with E-state index in [1.165, 1.54) is 0 Å². The number of hydrogen-bond acceptors (Lipinski definition) is 3. The molecule has 3 aromatic carbocycles. The van der Waals surface area contributed by atoms with Gasteiger partial charge < -0.3 is 5.32 Å². The lowest BCUT2D eigenvalue weighted by molar-refractivity contribution is -0.121. The molecule has 1 aliphatic heterocycles. The fraction of sp³-hybridized carbons (Fsp3) is 0.231. The summed E-state index contributed by atoms with van der Waals surface area (Å²) in [6.45, 7) is 2.45. The zero-order valence-electron chi connectivity index (χ0n) is 18.0. The van der Waals surface area contributed by atoms with E-state index in [9.17, 15) is 4.79 Å². The molecule has 1 amide bonds. The maximum atomic E-state index is 12.7. The van der Waals surface area contributed by atoms with Crippen molar-refractivity contribution in [3.8, 4) is 5.69 Å². The first-order valence-corrected chi connectivity index (χ1v) is 12.2. The SMILES string of the molecule is O=C(Nc1cccc(Cl)c1)C1CCN(Cc2nc3ccccc3n2-c2cccc(Br)c2)CC1. The fourth-order valence-corrected chi connectivity index (χ4v) is 5.03. The minimum Gasteiger partial charge on any atom is -0.326 e. The van der Waals surface area contributed by atoms with Crippen molar-refractivity contribution in [3.63, 3.8) is 0 Å². The summed E-state index contributed by atoms with van der Waals surface area (Å²) < 4.78 is 3.27. The number of anilines is 1. The standard InChI is InChI=1S/C26H24BrClN4O/c27-19-5-3-8-22(15-19)32-24-10-2-1-9-23(24)30-25(32)17-31-13-11-18(12-14-31)26(33)29-21-7-4-6-20(28)16-21/h1-10,15-16,18H,11-14,17H2,(H,29,33). The number of hydrogen-bond donors (Lipinski definition) is 1. The molecule has 1 aliphatic rings.